The predicted octanol–water partition coefficient (Wildman–Crippen LogP) is 4.98. The van der Waals surface area contributed by atoms with E-state index in [2.05, 4.69) is 5.32 Å². The highest BCUT2D eigenvalue weighted by atomic mass is 32.1. The Hall–Kier alpha value is -3.71. The van der Waals surface area contributed by atoms with Crippen molar-refractivity contribution < 1.29 is 9.21 Å². The highest BCUT2D eigenvalue weighted by Gasteiger charge is 2.21. The van der Waals surface area contributed by atoms with Crippen LogP contribution in [-0.2, 0) is 6.54 Å². The van der Waals surface area contributed by atoms with E-state index in [0.717, 1.165) is 27.3 Å². The molecule has 0 saturated heterocycles. The standard InChI is InChI=1S/C23H18N4O2S/c1-15-21-18(23(28)24-14-17-9-5-11-29-17)13-19(20-10-6-12-30-20)25-22(21)27(26-15)16-7-3-2-4-8-16/h2-13H,14H2,1H3,(H,24,28). The monoisotopic (exact) mass is 414 g/mol. The minimum atomic E-state index is -0.188. The van der Waals surface area contributed by atoms with E-state index in [1.807, 2.05) is 66.9 Å². The summed E-state index contributed by atoms with van der Waals surface area (Å²) in [5.41, 5.74) is 3.61. The van der Waals surface area contributed by atoms with Gasteiger partial charge < -0.3 is 9.73 Å². The number of carbonyl (C=O) groups is 1. The summed E-state index contributed by atoms with van der Waals surface area (Å²) in [4.78, 5) is 19.0. The van der Waals surface area contributed by atoms with Crippen molar-refractivity contribution in [1.29, 1.82) is 0 Å². The van der Waals surface area contributed by atoms with Crippen LogP contribution in [0.5, 0.6) is 0 Å². The van der Waals surface area contributed by atoms with E-state index in [0.29, 0.717) is 23.5 Å². The number of para-hydroxylation sites is 1. The zero-order valence-electron chi connectivity index (χ0n) is 16.2. The molecule has 4 heterocycles. The molecule has 0 unspecified atom stereocenters. The van der Waals surface area contributed by atoms with Gasteiger partial charge in [0.15, 0.2) is 5.65 Å². The maximum absolute atomic E-state index is 13.2. The molecular weight excluding hydrogens is 396 g/mol. The summed E-state index contributed by atoms with van der Waals surface area (Å²) in [6.45, 7) is 2.22. The number of nitrogens with one attached hydrogen (secondary N) is 1. The van der Waals surface area contributed by atoms with E-state index in [4.69, 9.17) is 14.5 Å². The highest BCUT2D eigenvalue weighted by Crippen LogP contribution is 2.30. The first kappa shape index (κ1) is 18.3. The summed E-state index contributed by atoms with van der Waals surface area (Å²) in [7, 11) is 0. The van der Waals surface area contributed by atoms with Crippen molar-refractivity contribution in [2.75, 3.05) is 0 Å². The lowest BCUT2D eigenvalue weighted by Crippen LogP contribution is -2.23. The molecule has 7 heteroatoms. The second-order valence-corrected chi connectivity index (χ2v) is 7.77. The SMILES string of the molecule is Cc1nn(-c2ccccc2)c2nc(-c3cccs3)cc(C(=O)NCc3ccco3)c12. The van der Waals surface area contributed by atoms with Gasteiger partial charge in [0.25, 0.3) is 5.91 Å². The van der Waals surface area contributed by atoms with Gasteiger partial charge in [-0.15, -0.1) is 11.3 Å². The molecule has 148 valence electrons. The van der Waals surface area contributed by atoms with E-state index in [1.54, 1.807) is 28.3 Å². The lowest BCUT2D eigenvalue weighted by molar-refractivity contribution is 0.0949. The molecule has 0 bridgehead atoms. The number of rotatable bonds is 5. The van der Waals surface area contributed by atoms with Crippen LogP contribution in [0.1, 0.15) is 21.8 Å². The fourth-order valence-corrected chi connectivity index (χ4v) is 4.13. The average Bonchev–Trinajstić information content (AvgIpc) is 3.54. The molecule has 0 radical (unpaired) electrons. The molecule has 0 saturated carbocycles. The first-order valence-electron chi connectivity index (χ1n) is 9.51. The first-order chi connectivity index (χ1) is 14.7. The number of benzene rings is 1. The summed E-state index contributed by atoms with van der Waals surface area (Å²) in [6, 6.07) is 19.3. The van der Waals surface area contributed by atoms with Gasteiger partial charge in [-0.3, -0.25) is 4.79 Å². The van der Waals surface area contributed by atoms with Crippen LogP contribution in [0, 0.1) is 6.92 Å². The van der Waals surface area contributed by atoms with Crippen LogP contribution in [0.3, 0.4) is 0 Å². The second kappa shape index (κ2) is 7.61. The van der Waals surface area contributed by atoms with Crippen molar-refractivity contribution in [3.05, 3.63) is 89.3 Å². The number of fused-ring (bicyclic) bond motifs is 1. The van der Waals surface area contributed by atoms with Gasteiger partial charge in [-0.1, -0.05) is 24.3 Å². The van der Waals surface area contributed by atoms with E-state index < -0.39 is 0 Å². The first-order valence-corrected chi connectivity index (χ1v) is 10.4. The van der Waals surface area contributed by atoms with Crippen molar-refractivity contribution in [3.63, 3.8) is 0 Å². The molecule has 6 nitrogen and oxygen atoms in total. The van der Waals surface area contributed by atoms with E-state index in [9.17, 15) is 4.79 Å². The van der Waals surface area contributed by atoms with Gasteiger partial charge in [-0.2, -0.15) is 5.10 Å². The van der Waals surface area contributed by atoms with Crippen molar-refractivity contribution in [3.8, 4) is 16.3 Å². The molecule has 0 atom stereocenters. The Morgan fingerprint density at radius 2 is 2.00 bits per heavy atom. The Bertz CT molecular complexity index is 1310. The van der Waals surface area contributed by atoms with Crippen LogP contribution >= 0.6 is 11.3 Å². The number of pyridine rings is 1. The Balaban J connectivity index is 1.66. The molecule has 0 spiro atoms. The predicted molar refractivity (Wildman–Crippen MR) is 117 cm³/mol. The third-order valence-corrected chi connectivity index (χ3v) is 5.73. The summed E-state index contributed by atoms with van der Waals surface area (Å²) < 4.78 is 7.13. The maximum atomic E-state index is 13.2. The number of nitrogens with zero attached hydrogens (tertiary/aromatic N) is 3. The largest absolute Gasteiger partial charge is 0.467 e. The quantitative estimate of drug-likeness (QED) is 0.440. The normalized spacial score (nSPS) is 11.1. The molecule has 0 aliphatic rings. The number of carbonyl (C=O) groups excluding carboxylic acids is 1. The van der Waals surface area contributed by atoms with Crippen molar-refractivity contribution in [2.45, 2.75) is 13.5 Å². The van der Waals surface area contributed by atoms with Gasteiger partial charge in [0, 0.05) is 0 Å². The van der Waals surface area contributed by atoms with Gasteiger partial charge in [0.2, 0.25) is 0 Å². The molecule has 30 heavy (non-hydrogen) atoms. The van der Waals surface area contributed by atoms with Crippen LogP contribution in [0.25, 0.3) is 27.3 Å². The molecule has 4 aromatic heterocycles. The van der Waals surface area contributed by atoms with Crippen LogP contribution in [0.15, 0.2) is 76.7 Å². The number of thiophene rings is 1. The zero-order valence-corrected chi connectivity index (χ0v) is 17.0. The second-order valence-electron chi connectivity index (χ2n) is 6.83. The van der Waals surface area contributed by atoms with Crippen molar-refractivity contribution in [2.24, 2.45) is 0 Å². The van der Waals surface area contributed by atoms with E-state index >= 15 is 0 Å². The average molecular weight is 414 g/mol. The number of furan rings is 1. The van der Waals surface area contributed by atoms with Gasteiger partial charge in [-0.05, 0) is 48.7 Å². The Morgan fingerprint density at radius 3 is 2.73 bits per heavy atom. The Morgan fingerprint density at radius 1 is 1.13 bits per heavy atom. The molecule has 1 aromatic carbocycles. The summed E-state index contributed by atoms with van der Waals surface area (Å²) in [6.07, 6.45) is 1.59. The number of aryl methyl sites for hydroxylation is 1. The highest BCUT2D eigenvalue weighted by molar-refractivity contribution is 7.13. The number of amides is 1. The maximum Gasteiger partial charge on any atom is 0.252 e. The van der Waals surface area contributed by atoms with Crippen LogP contribution in [0.2, 0.25) is 0 Å². The van der Waals surface area contributed by atoms with Crippen LogP contribution in [-0.4, -0.2) is 20.7 Å². The summed E-state index contributed by atoms with van der Waals surface area (Å²) in [5.74, 6) is 0.510. The minimum Gasteiger partial charge on any atom is -0.467 e. The lowest BCUT2D eigenvalue weighted by Gasteiger charge is -2.09. The molecular formula is C23H18N4O2S. The minimum absolute atomic E-state index is 0.188. The molecule has 1 N–H and O–H groups in total. The van der Waals surface area contributed by atoms with Crippen LogP contribution in [0.4, 0.5) is 0 Å². The van der Waals surface area contributed by atoms with Gasteiger partial charge in [0.05, 0.1) is 45.7 Å². The smallest absolute Gasteiger partial charge is 0.252 e. The lowest BCUT2D eigenvalue weighted by atomic mass is 10.1. The third-order valence-electron chi connectivity index (χ3n) is 4.84. The number of hydrogen-bond acceptors (Lipinski definition) is 5. The molecule has 5 rings (SSSR count). The fraction of sp³-hybridized carbons (Fsp3) is 0.0870. The Labute approximate surface area is 176 Å². The number of aromatic nitrogens is 3. The van der Waals surface area contributed by atoms with E-state index in [-0.39, 0.29) is 5.91 Å². The molecule has 0 fully saturated rings. The molecule has 0 aliphatic carbocycles. The third kappa shape index (κ3) is 3.29. The summed E-state index contributed by atoms with van der Waals surface area (Å²) in [5, 5.41) is 10.4. The summed E-state index contributed by atoms with van der Waals surface area (Å²) >= 11 is 1.59. The van der Waals surface area contributed by atoms with E-state index in [1.165, 1.54) is 0 Å². The number of hydrogen-bond donors (Lipinski definition) is 1. The fourth-order valence-electron chi connectivity index (χ4n) is 3.44. The Kier molecular flexibility index (Phi) is 4.65. The van der Waals surface area contributed by atoms with Gasteiger partial charge >= 0.3 is 0 Å². The zero-order chi connectivity index (χ0) is 20.5. The molecule has 5 aromatic rings. The molecule has 1 amide bonds. The van der Waals surface area contributed by atoms with Gasteiger partial charge in [0.1, 0.15) is 5.76 Å². The van der Waals surface area contributed by atoms with Crippen molar-refractivity contribution >= 4 is 28.3 Å². The van der Waals surface area contributed by atoms with Crippen molar-refractivity contribution in [1.82, 2.24) is 20.1 Å². The van der Waals surface area contributed by atoms with Gasteiger partial charge in [-0.25, -0.2) is 9.67 Å². The molecule has 0 aliphatic heterocycles. The topological polar surface area (TPSA) is 73.0 Å². The van der Waals surface area contributed by atoms with Crippen LogP contribution < -0.4 is 5.32 Å².